The smallest absolute Gasteiger partial charge is 0.195 e. The molecule has 1 fully saturated rings. The maximum Gasteiger partial charge on any atom is 0.195 e. The molecule has 0 spiro atoms. The van der Waals surface area contributed by atoms with Crippen LogP contribution in [-0.4, -0.2) is 47.2 Å². The van der Waals surface area contributed by atoms with Gasteiger partial charge in [0, 0.05) is 53.6 Å². The maximum absolute atomic E-state index is 13.4. The van der Waals surface area contributed by atoms with E-state index >= 15 is 0 Å². The number of fused-ring (bicyclic) bond motifs is 2. The fourth-order valence-electron chi connectivity index (χ4n) is 3.73. The van der Waals surface area contributed by atoms with Gasteiger partial charge in [0.2, 0.25) is 0 Å². The van der Waals surface area contributed by atoms with E-state index in [1.165, 1.54) is 0 Å². The average Bonchev–Trinajstić information content (AvgIpc) is 3.17. The van der Waals surface area contributed by atoms with Gasteiger partial charge in [0.25, 0.3) is 0 Å². The Labute approximate surface area is 173 Å². The minimum Gasteiger partial charge on any atom is -0.382 e. The lowest BCUT2D eigenvalue weighted by Gasteiger charge is -2.23. The van der Waals surface area contributed by atoms with Crippen LogP contribution in [0, 0.1) is 0 Å². The topological polar surface area (TPSA) is 78.3 Å². The minimum atomic E-state index is -0.0378. The largest absolute Gasteiger partial charge is 0.382 e. The molecule has 30 heavy (non-hydrogen) atoms. The van der Waals surface area contributed by atoms with E-state index in [1.807, 2.05) is 49.6 Å². The molecule has 4 aromatic rings. The fraction of sp³-hybridized carbons (Fsp3) is 0.261. The van der Waals surface area contributed by atoms with Crippen molar-refractivity contribution in [2.45, 2.75) is 6.10 Å². The van der Waals surface area contributed by atoms with Crippen molar-refractivity contribution in [3.63, 3.8) is 0 Å². The summed E-state index contributed by atoms with van der Waals surface area (Å²) in [7, 11) is 1.86. The van der Waals surface area contributed by atoms with Gasteiger partial charge < -0.3 is 14.8 Å². The molecule has 0 aliphatic carbocycles. The van der Waals surface area contributed by atoms with Crippen molar-refractivity contribution < 1.29 is 9.47 Å². The molecule has 7 nitrogen and oxygen atoms in total. The molecule has 0 radical (unpaired) electrons. The summed E-state index contributed by atoms with van der Waals surface area (Å²) in [6.45, 7) is 2.47. The Bertz CT molecular complexity index is 1280. The number of hydrogen-bond acceptors (Lipinski definition) is 6. The summed E-state index contributed by atoms with van der Waals surface area (Å²) in [5.74, 6) is 0. The third-order valence-electron chi connectivity index (χ3n) is 5.34. The molecule has 1 unspecified atom stereocenters. The summed E-state index contributed by atoms with van der Waals surface area (Å²) in [6.07, 6.45) is 5.48. The molecule has 1 saturated heterocycles. The molecule has 3 heterocycles. The van der Waals surface area contributed by atoms with Crippen LogP contribution in [0.2, 0.25) is 0 Å². The van der Waals surface area contributed by atoms with Gasteiger partial charge in [0.05, 0.1) is 37.6 Å². The van der Waals surface area contributed by atoms with Gasteiger partial charge in [-0.1, -0.05) is 12.1 Å². The van der Waals surface area contributed by atoms with Crippen LogP contribution in [0.4, 0.5) is 5.69 Å². The molecule has 7 heteroatoms. The van der Waals surface area contributed by atoms with Crippen molar-refractivity contribution >= 4 is 27.4 Å². The third-order valence-corrected chi connectivity index (χ3v) is 5.34. The van der Waals surface area contributed by atoms with Gasteiger partial charge in [-0.3, -0.25) is 14.5 Å². The first-order chi connectivity index (χ1) is 14.7. The average molecular weight is 402 g/mol. The number of aryl methyl sites for hydroxylation is 1. The van der Waals surface area contributed by atoms with Gasteiger partial charge in [-0.15, -0.1) is 0 Å². The highest BCUT2D eigenvalue weighted by atomic mass is 16.6. The number of nitrogens with one attached hydrogen (secondary N) is 1. The first-order valence-electron chi connectivity index (χ1n) is 9.96. The van der Waals surface area contributed by atoms with E-state index in [1.54, 1.807) is 17.1 Å². The zero-order chi connectivity index (χ0) is 20.5. The van der Waals surface area contributed by atoms with Crippen molar-refractivity contribution in [2.75, 3.05) is 31.7 Å². The van der Waals surface area contributed by atoms with Gasteiger partial charge in [-0.25, -0.2) is 0 Å². The number of benzene rings is 1. The highest BCUT2D eigenvalue weighted by Crippen LogP contribution is 2.23. The maximum atomic E-state index is 13.4. The summed E-state index contributed by atoms with van der Waals surface area (Å²) in [5.41, 5.74) is 3.31. The molecule has 0 bridgehead atoms. The highest BCUT2D eigenvalue weighted by molar-refractivity contribution is 5.94. The SMILES string of the molecule is Cn1cc(-c2cnc3ccc4ccc(NCC5COCCO5)cc4c(=O)c3c2)cn1. The molecule has 0 saturated carbocycles. The molecular formula is C23H22N4O3. The second kappa shape index (κ2) is 7.85. The van der Waals surface area contributed by atoms with Crippen molar-refractivity contribution in [1.82, 2.24) is 14.8 Å². The second-order valence-corrected chi connectivity index (χ2v) is 7.47. The summed E-state index contributed by atoms with van der Waals surface area (Å²) < 4.78 is 12.9. The molecule has 2 aromatic heterocycles. The summed E-state index contributed by atoms with van der Waals surface area (Å²) in [6, 6.07) is 11.6. The van der Waals surface area contributed by atoms with Crippen LogP contribution in [0.25, 0.3) is 32.8 Å². The Morgan fingerprint density at radius 3 is 2.80 bits per heavy atom. The van der Waals surface area contributed by atoms with Crippen LogP contribution in [0.15, 0.2) is 59.8 Å². The summed E-state index contributed by atoms with van der Waals surface area (Å²) in [5, 5.41) is 9.70. The lowest BCUT2D eigenvalue weighted by Crippen LogP contribution is -2.34. The van der Waals surface area contributed by atoms with Crippen molar-refractivity contribution in [3.8, 4) is 11.1 Å². The number of anilines is 1. The molecule has 2 aromatic carbocycles. The molecule has 1 aliphatic rings. The van der Waals surface area contributed by atoms with Crippen LogP contribution in [0.3, 0.4) is 0 Å². The molecule has 152 valence electrons. The van der Waals surface area contributed by atoms with Crippen molar-refractivity contribution in [2.24, 2.45) is 7.05 Å². The number of pyridine rings is 1. The summed E-state index contributed by atoms with van der Waals surface area (Å²) in [4.78, 5) is 17.9. The lowest BCUT2D eigenvalue weighted by molar-refractivity contribution is -0.0818. The van der Waals surface area contributed by atoms with Gasteiger partial charge in [-0.05, 0) is 29.7 Å². The zero-order valence-electron chi connectivity index (χ0n) is 16.7. The number of ether oxygens (including phenoxy) is 2. The van der Waals surface area contributed by atoms with Gasteiger partial charge in [0.15, 0.2) is 5.43 Å². The Morgan fingerprint density at radius 1 is 1.10 bits per heavy atom. The van der Waals surface area contributed by atoms with Gasteiger partial charge in [0.1, 0.15) is 0 Å². The third kappa shape index (κ3) is 3.65. The van der Waals surface area contributed by atoms with Gasteiger partial charge in [-0.2, -0.15) is 5.10 Å². The van der Waals surface area contributed by atoms with E-state index in [0.29, 0.717) is 42.7 Å². The molecule has 0 amide bonds. The minimum absolute atomic E-state index is 0.0140. The lowest BCUT2D eigenvalue weighted by atomic mass is 10.1. The molecular weight excluding hydrogens is 380 g/mol. The Balaban J connectivity index is 1.55. The van der Waals surface area contributed by atoms with Crippen molar-refractivity contribution in [3.05, 3.63) is 65.2 Å². The standard InChI is InChI=1S/C23H22N4O3/c1-27-13-17(11-26-27)16-8-21-22(25-10-16)5-3-15-2-4-18(9-20(15)23(21)28)24-12-19-14-29-6-7-30-19/h2-5,8-11,13,19,24H,6-7,12,14H2,1H3. The summed E-state index contributed by atoms with van der Waals surface area (Å²) >= 11 is 0. The predicted molar refractivity (Wildman–Crippen MR) is 117 cm³/mol. The monoisotopic (exact) mass is 402 g/mol. The van der Waals surface area contributed by atoms with Crippen LogP contribution in [0.1, 0.15) is 0 Å². The Hall–Kier alpha value is -3.29. The number of hydrogen-bond donors (Lipinski definition) is 1. The number of rotatable bonds is 4. The van der Waals surface area contributed by atoms with E-state index < -0.39 is 0 Å². The van der Waals surface area contributed by atoms with E-state index in [0.717, 1.165) is 22.2 Å². The van der Waals surface area contributed by atoms with Crippen LogP contribution >= 0.6 is 0 Å². The first-order valence-corrected chi connectivity index (χ1v) is 9.96. The van der Waals surface area contributed by atoms with Crippen LogP contribution in [-0.2, 0) is 16.5 Å². The van der Waals surface area contributed by atoms with E-state index in [-0.39, 0.29) is 11.5 Å². The Kier molecular flexibility index (Phi) is 4.90. The van der Waals surface area contributed by atoms with Gasteiger partial charge >= 0.3 is 0 Å². The first kappa shape index (κ1) is 18.7. The van der Waals surface area contributed by atoms with Crippen LogP contribution < -0.4 is 10.7 Å². The zero-order valence-corrected chi connectivity index (χ0v) is 16.7. The predicted octanol–water partition coefficient (Wildman–Crippen LogP) is 2.98. The molecule has 5 rings (SSSR count). The quantitative estimate of drug-likeness (QED) is 0.565. The fourth-order valence-corrected chi connectivity index (χ4v) is 3.73. The van der Waals surface area contributed by atoms with Crippen molar-refractivity contribution in [1.29, 1.82) is 0 Å². The second-order valence-electron chi connectivity index (χ2n) is 7.47. The Morgan fingerprint density at radius 2 is 2.00 bits per heavy atom. The highest BCUT2D eigenvalue weighted by Gasteiger charge is 2.14. The number of aromatic nitrogens is 3. The van der Waals surface area contributed by atoms with E-state index in [4.69, 9.17) is 9.47 Å². The van der Waals surface area contributed by atoms with E-state index in [2.05, 4.69) is 15.4 Å². The van der Waals surface area contributed by atoms with E-state index in [9.17, 15) is 4.79 Å². The van der Waals surface area contributed by atoms with Crippen LogP contribution in [0.5, 0.6) is 0 Å². The normalized spacial score (nSPS) is 16.8. The molecule has 1 atom stereocenters. The molecule has 1 aliphatic heterocycles. The molecule has 1 N–H and O–H groups in total. The number of nitrogens with zero attached hydrogens (tertiary/aromatic N) is 3.